The van der Waals surface area contributed by atoms with E-state index in [1.807, 2.05) is 4.99 Å². The first-order valence-electron chi connectivity index (χ1n) is 9.41. The minimum Gasteiger partial charge on any atom is -0.559 e. The van der Waals surface area contributed by atoms with Crippen LogP contribution in [0.3, 0.4) is 0 Å². The topological polar surface area (TPSA) is 9.23 Å². The molecule has 3 rings (SSSR count). The molecule has 0 amide bonds. The van der Waals surface area contributed by atoms with Gasteiger partial charge in [-0.25, -0.2) is 0 Å². The molecule has 0 spiro atoms. The van der Waals surface area contributed by atoms with Crippen molar-refractivity contribution in [2.24, 2.45) is 0 Å². The Kier molecular flexibility index (Phi) is 6.68. The normalized spacial score (nSPS) is 21.2. The SMILES string of the molecule is Br/C=C(/OB(C1CCCCC1)C1CCCCC1)c1ccccc1. The van der Waals surface area contributed by atoms with Crippen molar-refractivity contribution in [3.8, 4) is 0 Å². The first kappa shape index (κ1) is 17.1. The summed E-state index contributed by atoms with van der Waals surface area (Å²) in [5, 5.41) is 0. The molecule has 0 radical (unpaired) electrons. The minimum atomic E-state index is 0.402. The van der Waals surface area contributed by atoms with E-state index in [4.69, 9.17) is 4.65 Å². The highest BCUT2D eigenvalue weighted by Gasteiger charge is 2.38. The zero-order valence-corrected chi connectivity index (χ0v) is 15.6. The molecule has 3 heteroatoms. The molecule has 1 aromatic rings. The fourth-order valence-corrected chi connectivity index (χ4v) is 4.78. The van der Waals surface area contributed by atoms with E-state index < -0.39 is 0 Å². The fraction of sp³-hybridized carbons (Fsp3) is 0.600. The second kappa shape index (κ2) is 8.96. The van der Waals surface area contributed by atoms with Crippen molar-refractivity contribution in [1.82, 2.24) is 0 Å². The fourth-order valence-electron chi connectivity index (χ4n) is 4.41. The van der Waals surface area contributed by atoms with E-state index in [0.29, 0.717) is 6.92 Å². The minimum absolute atomic E-state index is 0.402. The lowest BCUT2D eigenvalue weighted by Gasteiger charge is -2.35. The summed E-state index contributed by atoms with van der Waals surface area (Å²) >= 11 is 3.54. The lowest BCUT2D eigenvalue weighted by molar-refractivity contribution is 0.393. The van der Waals surface area contributed by atoms with Crippen LogP contribution in [-0.2, 0) is 4.65 Å². The van der Waals surface area contributed by atoms with Gasteiger partial charge in [0.2, 0.25) is 0 Å². The molecule has 2 aliphatic rings. The van der Waals surface area contributed by atoms with Gasteiger partial charge in [-0.05, 0) is 11.6 Å². The predicted octanol–water partition coefficient (Wildman–Crippen LogP) is 7.06. The van der Waals surface area contributed by atoms with Crippen LogP contribution in [0, 0.1) is 0 Å². The Morgan fingerprint density at radius 2 is 1.39 bits per heavy atom. The Labute approximate surface area is 150 Å². The Bertz CT molecular complexity index is 472. The zero-order chi connectivity index (χ0) is 15.9. The summed E-state index contributed by atoms with van der Waals surface area (Å²) < 4.78 is 6.68. The molecule has 124 valence electrons. The summed E-state index contributed by atoms with van der Waals surface area (Å²) in [4.78, 5) is 1.97. The van der Waals surface area contributed by atoms with Crippen LogP contribution in [-0.4, -0.2) is 6.92 Å². The van der Waals surface area contributed by atoms with Crippen LogP contribution in [0.25, 0.3) is 5.76 Å². The lowest BCUT2D eigenvalue weighted by atomic mass is 9.41. The number of rotatable bonds is 5. The highest BCUT2D eigenvalue weighted by molar-refractivity contribution is 9.11. The van der Waals surface area contributed by atoms with E-state index in [0.717, 1.165) is 17.4 Å². The predicted molar refractivity (Wildman–Crippen MR) is 104 cm³/mol. The van der Waals surface area contributed by atoms with Gasteiger partial charge >= 0.3 is 6.92 Å². The molecule has 0 aromatic heterocycles. The Balaban J connectivity index is 1.76. The quantitative estimate of drug-likeness (QED) is 0.396. The van der Waals surface area contributed by atoms with E-state index in [1.54, 1.807) is 0 Å². The molecule has 1 aromatic carbocycles. The second-order valence-electron chi connectivity index (χ2n) is 7.22. The number of benzene rings is 1. The first-order chi connectivity index (χ1) is 11.4. The van der Waals surface area contributed by atoms with Crippen LogP contribution < -0.4 is 0 Å². The van der Waals surface area contributed by atoms with Gasteiger partial charge in [0.1, 0.15) is 5.76 Å². The molecule has 2 saturated carbocycles. The van der Waals surface area contributed by atoms with Gasteiger partial charge in [-0.2, -0.15) is 0 Å². The maximum Gasteiger partial charge on any atom is 0.364 e. The second-order valence-corrected chi connectivity index (χ2v) is 7.68. The van der Waals surface area contributed by atoms with Gasteiger partial charge in [0, 0.05) is 10.5 Å². The molecule has 0 saturated heterocycles. The molecular weight excluding hydrogens is 347 g/mol. The molecule has 0 N–H and O–H groups in total. The van der Waals surface area contributed by atoms with E-state index >= 15 is 0 Å². The van der Waals surface area contributed by atoms with Crippen molar-refractivity contribution in [3.63, 3.8) is 0 Å². The van der Waals surface area contributed by atoms with Crippen LogP contribution in [0.4, 0.5) is 0 Å². The van der Waals surface area contributed by atoms with E-state index in [2.05, 4.69) is 46.3 Å². The maximum atomic E-state index is 6.68. The average molecular weight is 375 g/mol. The van der Waals surface area contributed by atoms with Gasteiger partial charge in [0.25, 0.3) is 0 Å². The summed E-state index contributed by atoms with van der Waals surface area (Å²) in [5.74, 6) is 2.50. The summed E-state index contributed by atoms with van der Waals surface area (Å²) in [6.45, 7) is 0.402. The van der Waals surface area contributed by atoms with Crippen LogP contribution >= 0.6 is 15.9 Å². The highest BCUT2D eigenvalue weighted by atomic mass is 79.9. The molecule has 0 atom stereocenters. The monoisotopic (exact) mass is 374 g/mol. The van der Waals surface area contributed by atoms with E-state index in [1.165, 1.54) is 69.8 Å². The van der Waals surface area contributed by atoms with Gasteiger partial charge < -0.3 is 4.65 Å². The molecule has 0 aliphatic heterocycles. The summed E-state index contributed by atoms with van der Waals surface area (Å²) in [6, 6.07) is 10.5. The summed E-state index contributed by atoms with van der Waals surface area (Å²) in [6.07, 6.45) is 13.8. The van der Waals surface area contributed by atoms with Crippen LogP contribution in [0.5, 0.6) is 0 Å². The van der Waals surface area contributed by atoms with Gasteiger partial charge in [0.15, 0.2) is 0 Å². The third-order valence-corrected chi connectivity index (χ3v) is 6.07. The number of hydrogen-bond acceptors (Lipinski definition) is 1. The van der Waals surface area contributed by atoms with Gasteiger partial charge in [-0.15, -0.1) is 0 Å². The summed E-state index contributed by atoms with van der Waals surface area (Å²) in [7, 11) is 0. The first-order valence-corrected chi connectivity index (χ1v) is 10.3. The molecule has 2 fully saturated rings. The van der Waals surface area contributed by atoms with Crippen molar-refractivity contribution in [2.75, 3.05) is 0 Å². The van der Waals surface area contributed by atoms with E-state index in [9.17, 15) is 0 Å². The Hall–Kier alpha value is -0.695. The number of hydrogen-bond donors (Lipinski definition) is 0. The van der Waals surface area contributed by atoms with Gasteiger partial charge in [-0.1, -0.05) is 110 Å². The smallest absolute Gasteiger partial charge is 0.364 e. The standard InChI is InChI=1S/C20H28BBrO/c22-16-20(17-10-4-1-5-11-17)23-21(18-12-6-2-7-13-18)19-14-8-3-9-15-19/h1,4-5,10-11,16,18-19H,2-3,6-9,12-15H2/b20-16+. The van der Waals surface area contributed by atoms with Gasteiger partial charge in [-0.3, -0.25) is 0 Å². The molecule has 0 bridgehead atoms. The average Bonchev–Trinajstić information content (AvgIpc) is 2.65. The largest absolute Gasteiger partial charge is 0.559 e. The third kappa shape index (κ3) is 4.65. The zero-order valence-electron chi connectivity index (χ0n) is 14.1. The van der Waals surface area contributed by atoms with Crippen molar-refractivity contribution < 1.29 is 4.65 Å². The molecule has 23 heavy (non-hydrogen) atoms. The molecule has 2 aliphatic carbocycles. The van der Waals surface area contributed by atoms with Crippen LogP contribution in [0.15, 0.2) is 35.3 Å². The van der Waals surface area contributed by atoms with Crippen molar-refractivity contribution >= 4 is 28.6 Å². The van der Waals surface area contributed by atoms with E-state index in [-0.39, 0.29) is 0 Å². The third-order valence-electron chi connectivity index (χ3n) is 5.65. The van der Waals surface area contributed by atoms with Crippen LogP contribution in [0.2, 0.25) is 11.6 Å². The highest BCUT2D eigenvalue weighted by Crippen LogP contribution is 2.43. The van der Waals surface area contributed by atoms with Crippen molar-refractivity contribution in [1.29, 1.82) is 0 Å². The van der Waals surface area contributed by atoms with Gasteiger partial charge in [0.05, 0.1) is 0 Å². The molecule has 1 nitrogen and oxygen atoms in total. The van der Waals surface area contributed by atoms with Crippen molar-refractivity contribution in [2.45, 2.75) is 75.8 Å². The lowest BCUT2D eigenvalue weighted by Crippen LogP contribution is -2.33. The Morgan fingerprint density at radius 3 is 1.87 bits per heavy atom. The Morgan fingerprint density at radius 1 is 0.870 bits per heavy atom. The molecular formula is C20H28BBrO. The molecule has 0 heterocycles. The number of halogens is 1. The maximum absolute atomic E-state index is 6.68. The molecule has 0 unspecified atom stereocenters. The summed E-state index contributed by atoms with van der Waals surface area (Å²) in [5.41, 5.74) is 1.18. The van der Waals surface area contributed by atoms with Crippen LogP contribution in [0.1, 0.15) is 69.8 Å². The van der Waals surface area contributed by atoms with Crippen molar-refractivity contribution in [3.05, 3.63) is 40.9 Å².